The lowest BCUT2D eigenvalue weighted by Gasteiger charge is -2.41. The summed E-state index contributed by atoms with van der Waals surface area (Å²) in [5.41, 5.74) is 3.00. The molecule has 0 aromatic heterocycles. The molecular weight excluding hydrogens is 546 g/mol. The third-order valence-corrected chi connectivity index (χ3v) is 9.33. The molecule has 8 heteroatoms. The molecule has 1 aliphatic carbocycles. The van der Waals surface area contributed by atoms with Gasteiger partial charge in [-0.2, -0.15) is 0 Å². The second kappa shape index (κ2) is 12.7. The molecule has 226 valence electrons. The minimum Gasteiger partial charge on any atom is -0.382 e. The Labute approximate surface area is 252 Å². The summed E-state index contributed by atoms with van der Waals surface area (Å²) < 4.78 is 30.6. The van der Waals surface area contributed by atoms with E-state index < -0.39 is 29.5 Å². The number of aryl methyl sites for hydroxylation is 1. The number of halogens is 2. The van der Waals surface area contributed by atoms with Crippen LogP contribution in [0.1, 0.15) is 78.9 Å². The van der Waals surface area contributed by atoms with Crippen LogP contribution in [0.25, 0.3) is 0 Å². The maximum absolute atomic E-state index is 15.6. The Bertz CT molecular complexity index is 1440. The smallest absolute Gasteiger partial charge is 0.257 e. The molecule has 43 heavy (non-hydrogen) atoms. The van der Waals surface area contributed by atoms with Crippen LogP contribution < -0.4 is 15.5 Å². The summed E-state index contributed by atoms with van der Waals surface area (Å²) in [6.45, 7) is 3.69. The molecular formula is C35H40F2N4O2. The Hall–Kier alpha value is -3.94. The molecule has 2 aliphatic heterocycles. The number of hydrogen-bond donors (Lipinski definition) is 2. The quantitative estimate of drug-likeness (QED) is 0.302. The third kappa shape index (κ3) is 6.10. The minimum atomic E-state index is -0.645. The standard InChI is InChI=1S/C35H40F2N4O2/c1-23-9-6-13-28(36)31(23)35(43)41-22-8-12-27(33(41)24-16-18-26(19-17-24)38-25-10-2-3-11-25)34(42)39-29-14-7-15-30(32(29)37)40-20-4-5-21-40/h6-7,9,13-19,25,27,33,38H,2-5,8,10-12,20-22H2,1H3,(H,39,42). The maximum Gasteiger partial charge on any atom is 0.257 e. The fourth-order valence-electron chi connectivity index (χ4n) is 7.08. The van der Waals surface area contributed by atoms with Crippen molar-refractivity contribution in [3.8, 4) is 0 Å². The van der Waals surface area contributed by atoms with E-state index in [0.717, 1.165) is 50.0 Å². The first-order chi connectivity index (χ1) is 20.9. The highest BCUT2D eigenvalue weighted by Crippen LogP contribution is 2.39. The topological polar surface area (TPSA) is 64.7 Å². The lowest BCUT2D eigenvalue weighted by molar-refractivity contribution is -0.123. The summed E-state index contributed by atoms with van der Waals surface area (Å²) >= 11 is 0. The number of amides is 2. The molecule has 2 saturated heterocycles. The molecule has 1 saturated carbocycles. The van der Waals surface area contributed by atoms with Crippen molar-refractivity contribution in [3.63, 3.8) is 0 Å². The first-order valence-corrected chi connectivity index (χ1v) is 15.7. The van der Waals surface area contributed by atoms with Gasteiger partial charge in [-0.05, 0) is 86.9 Å². The van der Waals surface area contributed by atoms with Crippen molar-refractivity contribution < 1.29 is 18.4 Å². The van der Waals surface area contributed by atoms with E-state index >= 15 is 8.78 Å². The Morgan fingerprint density at radius 3 is 2.26 bits per heavy atom. The zero-order valence-corrected chi connectivity index (χ0v) is 24.8. The van der Waals surface area contributed by atoms with E-state index in [1.165, 1.54) is 18.9 Å². The molecule has 2 atom stereocenters. The monoisotopic (exact) mass is 586 g/mol. The van der Waals surface area contributed by atoms with Crippen molar-refractivity contribution in [3.05, 3.63) is 89.0 Å². The van der Waals surface area contributed by atoms with Gasteiger partial charge in [-0.25, -0.2) is 8.78 Å². The van der Waals surface area contributed by atoms with Crippen LogP contribution in [0.2, 0.25) is 0 Å². The Morgan fingerprint density at radius 2 is 1.53 bits per heavy atom. The summed E-state index contributed by atoms with van der Waals surface area (Å²) in [5.74, 6) is -2.45. The lowest BCUT2D eigenvalue weighted by atomic mass is 9.83. The average Bonchev–Trinajstić information content (AvgIpc) is 3.73. The predicted molar refractivity (Wildman–Crippen MR) is 166 cm³/mol. The van der Waals surface area contributed by atoms with Crippen LogP contribution in [0.15, 0.2) is 60.7 Å². The van der Waals surface area contributed by atoms with Gasteiger partial charge in [0.1, 0.15) is 5.82 Å². The highest BCUT2D eigenvalue weighted by molar-refractivity contribution is 5.98. The number of nitrogens with one attached hydrogen (secondary N) is 2. The molecule has 0 radical (unpaired) electrons. The first kappa shape index (κ1) is 29.1. The largest absolute Gasteiger partial charge is 0.382 e. The number of anilines is 3. The molecule has 0 spiro atoms. The molecule has 3 aliphatic rings. The van der Waals surface area contributed by atoms with Gasteiger partial charge in [-0.1, -0.05) is 43.2 Å². The number of piperidine rings is 1. The average molecular weight is 587 g/mol. The number of rotatable bonds is 7. The molecule has 2 amide bonds. The number of likely N-dealkylation sites (tertiary alicyclic amines) is 1. The Morgan fingerprint density at radius 1 is 0.814 bits per heavy atom. The minimum absolute atomic E-state index is 0.0254. The van der Waals surface area contributed by atoms with Gasteiger partial charge >= 0.3 is 0 Å². The van der Waals surface area contributed by atoms with Gasteiger partial charge in [-0.15, -0.1) is 0 Å². The van der Waals surface area contributed by atoms with Crippen LogP contribution in [0, 0.1) is 24.5 Å². The fourth-order valence-corrected chi connectivity index (χ4v) is 7.08. The summed E-state index contributed by atoms with van der Waals surface area (Å²) in [4.78, 5) is 31.6. The lowest BCUT2D eigenvalue weighted by Crippen LogP contribution is -2.46. The zero-order valence-electron chi connectivity index (χ0n) is 24.8. The van der Waals surface area contributed by atoms with Crippen LogP contribution in [0.3, 0.4) is 0 Å². The van der Waals surface area contributed by atoms with Crippen molar-refractivity contribution in [2.75, 3.05) is 35.2 Å². The summed E-state index contributed by atoms with van der Waals surface area (Å²) in [7, 11) is 0. The molecule has 3 aromatic carbocycles. The van der Waals surface area contributed by atoms with Crippen molar-refractivity contribution >= 4 is 28.9 Å². The van der Waals surface area contributed by atoms with Gasteiger partial charge in [0.25, 0.3) is 5.91 Å². The van der Waals surface area contributed by atoms with Crippen molar-refractivity contribution in [1.29, 1.82) is 0 Å². The van der Waals surface area contributed by atoms with E-state index in [9.17, 15) is 9.59 Å². The van der Waals surface area contributed by atoms with E-state index in [1.54, 1.807) is 42.2 Å². The van der Waals surface area contributed by atoms with E-state index in [1.807, 2.05) is 29.2 Å². The summed E-state index contributed by atoms with van der Waals surface area (Å²) in [5, 5.41) is 6.45. The third-order valence-electron chi connectivity index (χ3n) is 9.33. The van der Waals surface area contributed by atoms with Crippen molar-refractivity contribution in [2.24, 2.45) is 5.92 Å². The maximum atomic E-state index is 15.6. The van der Waals surface area contributed by atoms with E-state index in [2.05, 4.69) is 10.6 Å². The molecule has 0 bridgehead atoms. The van der Waals surface area contributed by atoms with Gasteiger partial charge in [0.05, 0.1) is 28.9 Å². The van der Waals surface area contributed by atoms with E-state index in [0.29, 0.717) is 36.7 Å². The normalized spacial score (nSPS) is 20.8. The molecule has 3 aromatic rings. The number of nitrogens with zero attached hydrogens (tertiary/aromatic N) is 2. The van der Waals surface area contributed by atoms with E-state index in [-0.39, 0.29) is 17.2 Å². The van der Waals surface area contributed by atoms with Gasteiger partial charge in [0.2, 0.25) is 5.91 Å². The molecule has 6 rings (SSSR count). The van der Waals surface area contributed by atoms with Crippen LogP contribution in [0.5, 0.6) is 0 Å². The van der Waals surface area contributed by atoms with Crippen LogP contribution in [-0.2, 0) is 4.79 Å². The van der Waals surface area contributed by atoms with Gasteiger partial charge in [-0.3, -0.25) is 9.59 Å². The van der Waals surface area contributed by atoms with Gasteiger partial charge in [0.15, 0.2) is 5.82 Å². The SMILES string of the molecule is Cc1cccc(F)c1C(=O)N1CCCC(C(=O)Nc2cccc(N3CCCC3)c2F)C1c1ccc(NC2CCCC2)cc1. The van der Waals surface area contributed by atoms with Crippen molar-refractivity contribution in [1.82, 2.24) is 4.90 Å². The van der Waals surface area contributed by atoms with Gasteiger partial charge < -0.3 is 20.4 Å². The van der Waals surface area contributed by atoms with Crippen LogP contribution in [-0.4, -0.2) is 42.4 Å². The fraction of sp³-hybridized carbons (Fsp3) is 0.429. The second-order valence-electron chi connectivity index (χ2n) is 12.2. The van der Waals surface area contributed by atoms with Crippen molar-refractivity contribution in [2.45, 2.75) is 70.4 Å². The highest BCUT2D eigenvalue weighted by Gasteiger charge is 2.41. The molecule has 2 N–H and O–H groups in total. The molecule has 3 fully saturated rings. The van der Waals surface area contributed by atoms with Crippen LogP contribution >= 0.6 is 0 Å². The predicted octanol–water partition coefficient (Wildman–Crippen LogP) is 7.46. The highest BCUT2D eigenvalue weighted by atomic mass is 19.1. The molecule has 2 heterocycles. The zero-order chi connectivity index (χ0) is 29.9. The first-order valence-electron chi connectivity index (χ1n) is 15.7. The van der Waals surface area contributed by atoms with E-state index in [4.69, 9.17) is 0 Å². The molecule has 2 unspecified atom stereocenters. The summed E-state index contributed by atoms with van der Waals surface area (Å²) in [6, 6.07) is 17.4. The number of carbonyl (C=O) groups is 2. The number of hydrogen-bond acceptors (Lipinski definition) is 4. The number of benzene rings is 3. The Kier molecular flexibility index (Phi) is 8.63. The summed E-state index contributed by atoms with van der Waals surface area (Å²) in [6.07, 6.45) is 7.86. The Balaban J connectivity index is 1.31. The number of carbonyl (C=O) groups excluding carboxylic acids is 2. The second-order valence-corrected chi connectivity index (χ2v) is 12.2. The van der Waals surface area contributed by atoms with Gasteiger partial charge in [0, 0.05) is 31.4 Å². The van der Waals surface area contributed by atoms with Crippen LogP contribution in [0.4, 0.5) is 25.8 Å². The molecule has 6 nitrogen and oxygen atoms in total.